The lowest BCUT2D eigenvalue weighted by Gasteiger charge is -2.07. The highest BCUT2D eigenvalue weighted by Crippen LogP contribution is 2.24. The molecule has 1 aliphatic carbocycles. The lowest BCUT2D eigenvalue weighted by atomic mass is 10.3. The van der Waals surface area contributed by atoms with Gasteiger partial charge in [0.05, 0.1) is 19.3 Å². The van der Waals surface area contributed by atoms with Gasteiger partial charge in [0.1, 0.15) is 0 Å². The summed E-state index contributed by atoms with van der Waals surface area (Å²) in [7, 11) is 0. The van der Waals surface area contributed by atoms with Crippen LogP contribution in [0.1, 0.15) is 19.3 Å². The molecular weight excluding hydrogens is 128 g/mol. The van der Waals surface area contributed by atoms with Gasteiger partial charge in [-0.05, 0) is 19.3 Å². The van der Waals surface area contributed by atoms with Crippen LogP contribution in [0, 0.1) is 0 Å². The van der Waals surface area contributed by atoms with Crippen molar-refractivity contribution >= 4 is 0 Å². The molecule has 0 radical (unpaired) electrons. The number of aliphatic hydroxyl groups is 1. The van der Waals surface area contributed by atoms with Gasteiger partial charge in [-0.15, -0.1) is 0 Å². The molecule has 1 rings (SSSR count). The largest absolute Gasteiger partial charge is 0.394 e. The molecule has 0 aromatic heterocycles. The van der Waals surface area contributed by atoms with Crippen molar-refractivity contribution < 1.29 is 9.84 Å². The third kappa shape index (κ3) is 2.12. The summed E-state index contributed by atoms with van der Waals surface area (Å²) >= 11 is 0. The van der Waals surface area contributed by atoms with Crippen LogP contribution < -0.4 is 0 Å². The summed E-state index contributed by atoms with van der Waals surface area (Å²) in [6.07, 6.45) is 3.49. The van der Waals surface area contributed by atoms with E-state index < -0.39 is 0 Å². The molecule has 0 amide bonds. The van der Waals surface area contributed by atoms with Crippen molar-refractivity contribution in [2.24, 2.45) is 0 Å². The Bertz CT molecular complexity index is 120. The number of hydrogen-bond acceptors (Lipinski definition) is 2. The van der Waals surface area contributed by atoms with Crippen molar-refractivity contribution in [1.29, 1.82) is 0 Å². The SMILES string of the molecule is C=C1CCC(OCCO)C1. The van der Waals surface area contributed by atoms with Gasteiger partial charge in [-0.3, -0.25) is 0 Å². The van der Waals surface area contributed by atoms with Crippen LogP contribution in [-0.4, -0.2) is 24.4 Å². The van der Waals surface area contributed by atoms with Gasteiger partial charge in [-0.25, -0.2) is 0 Å². The third-order valence-electron chi connectivity index (χ3n) is 1.78. The van der Waals surface area contributed by atoms with Crippen molar-refractivity contribution in [2.75, 3.05) is 13.2 Å². The summed E-state index contributed by atoms with van der Waals surface area (Å²) < 4.78 is 5.31. The number of ether oxygens (including phenoxy) is 1. The van der Waals surface area contributed by atoms with Crippen LogP contribution in [0.5, 0.6) is 0 Å². The number of hydrogen-bond donors (Lipinski definition) is 1. The molecule has 1 fully saturated rings. The fraction of sp³-hybridized carbons (Fsp3) is 0.750. The van der Waals surface area contributed by atoms with E-state index in [1.807, 2.05) is 0 Å². The average Bonchev–Trinajstić information content (AvgIpc) is 2.31. The highest BCUT2D eigenvalue weighted by molar-refractivity contribution is 5.02. The summed E-state index contributed by atoms with van der Waals surface area (Å²) in [5, 5.41) is 8.45. The maximum Gasteiger partial charge on any atom is 0.0701 e. The molecule has 0 aromatic carbocycles. The van der Waals surface area contributed by atoms with E-state index in [1.165, 1.54) is 5.57 Å². The molecule has 0 spiro atoms. The quantitative estimate of drug-likeness (QED) is 0.598. The highest BCUT2D eigenvalue weighted by Gasteiger charge is 2.17. The van der Waals surface area contributed by atoms with E-state index >= 15 is 0 Å². The van der Waals surface area contributed by atoms with Crippen molar-refractivity contribution in [2.45, 2.75) is 25.4 Å². The van der Waals surface area contributed by atoms with Crippen LogP contribution in [0.2, 0.25) is 0 Å². The first-order valence-electron chi connectivity index (χ1n) is 3.72. The first kappa shape index (κ1) is 7.76. The molecule has 58 valence electrons. The van der Waals surface area contributed by atoms with E-state index in [1.54, 1.807) is 0 Å². The zero-order valence-electron chi connectivity index (χ0n) is 6.18. The molecule has 1 atom stereocenters. The van der Waals surface area contributed by atoms with Crippen LogP contribution in [0.15, 0.2) is 12.2 Å². The van der Waals surface area contributed by atoms with E-state index in [2.05, 4.69) is 6.58 Å². The van der Waals surface area contributed by atoms with Crippen LogP contribution in [0.25, 0.3) is 0 Å². The molecule has 0 heterocycles. The first-order chi connectivity index (χ1) is 4.83. The lowest BCUT2D eigenvalue weighted by Crippen LogP contribution is -2.10. The smallest absolute Gasteiger partial charge is 0.0701 e. The number of aliphatic hydroxyl groups excluding tert-OH is 1. The van der Waals surface area contributed by atoms with E-state index in [-0.39, 0.29) is 6.61 Å². The maximum absolute atomic E-state index is 8.45. The fourth-order valence-corrected chi connectivity index (χ4v) is 1.25. The third-order valence-corrected chi connectivity index (χ3v) is 1.78. The summed E-state index contributed by atoms with van der Waals surface area (Å²) in [5.41, 5.74) is 1.28. The molecule has 1 N–H and O–H groups in total. The van der Waals surface area contributed by atoms with E-state index in [0.717, 1.165) is 19.3 Å². The van der Waals surface area contributed by atoms with Gasteiger partial charge in [0.25, 0.3) is 0 Å². The zero-order valence-corrected chi connectivity index (χ0v) is 6.18. The minimum atomic E-state index is 0.128. The normalized spacial score (nSPS) is 25.7. The summed E-state index contributed by atoms with van der Waals surface area (Å²) in [5.74, 6) is 0. The van der Waals surface area contributed by atoms with Gasteiger partial charge in [-0.1, -0.05) is 12.2 Å². The average molecular weight is 142 g/mol. The second-order valence-electron chi connectivity index (χ2n) is 2.71. The number of rotatable bonds is 3. The Kier molecular flexibility index (Phi) is 2.90. The Morgan fingerprint density at radius 2 is 2.50 bits per heavy atom. The minimum absolute atomic E-state index is 0.128. The Morgan fingerprint density at radius 3 is 3.00 bits per heavy atom. The molecule has 0 bridgehead atoms. The molecule has 0 saturated heterocycles. The van der Waals surface area contributed by atoms with Crippen molar-refractivity contribution in [3.8, 4) is 0 Å². The maximum atomic E-state index is 8.45. The topological polar surface area (TPSA) is 29.5 Å². The van der Waals surface area contributed by atoms with Crippen LogP contribution in [0.3, 0.4) is 0 Å². The highest BCUT2D eigenvalue weighted by atomic mass is 16.5. The van der Waals surface area contributed by atoms with Crippen LogP contribution in [-0.2, 0) is 4.74 Å². The van der Waals surface area contributed by atoms with Crippen LogP contribution >= 0.6 is 0 Å². The summed E-state index contributed by atoms with van der Waals surface area (Å²) in [4.78, 5) is 0. The van der Waals surface area contributed by atoms with Gasteiger partial charge >= 0.3 is 0 Å². The van der Waals surface area contributed by atoms with Crippen molar-refractivity contribution in [1.82, 2.24) is 0 Å². The van der Waals surface area contributed by atoms with Gasteiger partial charge < -0.3 is 9.84 Å². The second-order valence-corrected chi connectivity index (χ2v) is 2.71. The first-order valence-corrected chi connectivity index (χ1v) is 3.72. The monoisotopic (exact) mass is 142 g/mol. The van der Waals surface area contributed by atoms with E-state index in [9.17, 15) is 0 Å². The Hall–Kier alpha value is -0.340. The molecule has 1 aliphatic rings. The standard InChI is InChI=1S/C8H14O2/c1-7-2-3-8(6-7)10-5-4-9/h8-9H,1-6H2. The van der Waals surface area contributed by atoms with Gasteiger partial charge in [-0.2, -0.15) is 0 Å². The Morgan fingerprint density at radius 1 is 1.70 bits per heavy atom. The van der Waals surface area contributed by atoms with Gasteiger partial charge in [0.2, 0.25) is 0 Å². The van der Waals surface area contributed by atoms with Gasteiger partial charge in [0, 0.05) is 0 Å². The molecule has 0 aromatic rings. The molecule has 1 saturated carbocycles. The summed E-state index contributed by atoms with van der Waals surface area (Å²) in [6, 6.07) is 0. The predicted octanol–water partition coefficient (Wildman–Crippen LogP) is 1.10. The lowest BCUT2D eigenvalue weighted by molar-refractivity contribution is 0.0346. The molecular formula is C8H14O2. The van der Waals surface area contributed by atoms with E-state index in [0.29, 0.717) is 12.7 Å². The summed E-state index contributed by atoms with van der Waals surface area (Å²) in [6.45, 7) is 4.47. The minimum Gasteiger partial charge on any atom is -0.394 e. The fourth-order valence-electron chi connectivity index (χ4n) is 1.25. The predicted molar refractivity (Wildman–Crippen MR) is 39.8 cm³/mol. The Labute approximate surface area is 61.5 Å². The molecule has 10 heavy (non-hydrogen) atoms. The van der Waals surface area contributed by atoms with Crippen LogP contribution in [0.4, 0.5) is 0 Å². The van der Waals surface area contributed by atoms with Crippen molar-refractivity contribution in [3.05, 3.63) is 12.2 Å². The Balaban J connectivity index is 2.12. The van der Waals surface area contributed by atoms with E-state index in [4.69, 9.17) is 9.84 Å². The second kappa shape index (κ2) is 3.74. The molecule has 2 heteroatoms. The van der Waals surface area contributed by atoms with Crippen molar-refractivity contribution in [3.63, 3.8) is 0 Å². The molecule has 1 unspecified atom stereocenters. The molecule has 2 nitrogen and oxygen atoms in total. The molecule has 0 aliphatic heterocycles. The zero-order chi connectivity index (χ0) is 7.40. The van der Waals surface area contributed by atoms with Gasteiger partial charge in [0.15, 0.2) is 0 Å².